The molecule has 4 heteroatoms. The van der Waals surface area contributed by atoms with E-state index in [0.29, 0.717) is 18.5 Å². The highest BCUT2D eigenvalue weighted by atomic mass is 16.5. The smallest absolute Gasteiger partial charge is 0.324 e. The van der Waals surface area contributed by atoms with Crippen LogP contribution >= 0.6 is 0 Å². The van der Waals surface area contributed by atoms with E-state index in [1.54, 1.807) is 0 Å². The molecule has 1 fully saturated rings. The molecular weight excluding hydrogens is 192 g/mol. The van der Waals surface area contributed by atoms with Crippen LogP contribution in [0.5, 0.6) is 0 Å². The molecule has 0 saturated carbocycles. The Morgan fingerprint density at radius 3 is 2.73 bits per heavy atom. The van der Waals surface area contributed by atoms with Gasteiger partial charge in [-0.2, -0.15) is 0 Å². The molecule has 2 N–H and O–H groups in total. The number of rotatable bonds is 4. The second kappa shape index (κ2) is 5.47. The zero-order valence-electron chi connectivity index (χ0n) is 9.90. The topological polar surface area (TPSA) is 55.6 Å². The number of nitrogens with zero attached hydrogens (tertiary/aromatic N) is 1. The molecule has 1 aliphatic heterocycles. The first-order chi connectivity index (χ1) is 7.11. The van der Waals surface area contributed by atoms with Gasteiger partial charge >= 0.3 is 5.97 Å². The van der Waals surface area contributed by atoms with Crippen LogP contribution in [0.25, 0.3) is 0 Å². The van der Waals surface area contributed by atoms with Crippen LogP contribution in [0.3, 0.4) is 0 Å². The summed E-state index contributed by atoms with van der Waals surface area (Å²) in [6, 6.07) is 0.211. The van der Waals surface area contributed by atoms with E-state index >= 15 is 0 Å². The molecule has 0 spiro atoms. The number of nitrogens with two attached hydrogens (primary N) is 1. The molecule has 0 radical (unpaired) electrons. The van der Waals surface area contributed by atoms with Crippen molar-refractivity contribution in [3.05, 3.63) is 0 Å². The van der Waals surface area contributed by atoms with Crippen LogP contribution in [-0.2, 0) is 9.53 Å². The third-order valence-corrected chi connectivity index (χ3v) is 3.21. The molecule has 0 bridgehead atoms. The minimum Gasteiger partial charge on any atom is -0.468 e. The van der Waals surface area contributed by atoms with E-state index in [1.165, 1.54) is 7.11 Å². The lowest BCUT2D eigenvalue weighted by atomic mass is 10.0. The van der Waals surface area contributed by atoms with Gasteiger partial charge in [-0.1, -0.05) is 13.8 Å². The zero-order valence-corrected chi connectivity index (χ0v) is 9.90. The first kappa shape index (κ1) is 12.5. The van der Waals surface area contributed by atoms with Crippen molar-refractivity contribution in [2.75, 3.05) is 20.2 Å². The summed E-state index contributed by atoms with van der Waals surface area (Å²) in [6.07, 6.45) is 2.31. The fraction of sp³-hybridized carbons (Fsp3) is 0.909. The molecule has 2 unspecified atom stereocenters. The Morgan fingerprint density at radius 2 is 2.27 bits per heavy atom. The van der Waals surface area contributed by atoms with Gasteiger partial charge in [-0.05, 0) is 25.3 Å². The number of likely N-dealkylation sites (tertiary alicyclic amines) is 1. The monoisotopic (exact) mass is 214 g/mol. The highest BCUT2D eigenvalue weighted by Crippen LogP contribution is 2.25. The average molecular weight is 214 g/mol. The summed E-state index contributed by atoms with van der Waals surface area (Å²) in [6.45, 7) is 5.68. The van der Waals surface area contributed by atoms with E-state index < -0.39 is 0 Å². The molecule has 0 aromatic heterocycles. The molecule has 1 saturated heterocycles. The van der Waals surface area contributed by atoms with Crippen LogP contribution < -0.4 is 5.73 Å². The summed E-state index contributed by atoms with van der Waals surface area (Å²) in [4.78, 5) is 13.8. The molecule has 0 aromatic carbocycles. The van der Waals surface area contributed by atoms with Crippen LogP contribution in [0.15, 0.2) is 0 Å². The van der Waals surface area contributed by atoms with Gasteiger partial charge in [0.25, 0.3) is 0 Å². The van der Waals surface area contributed by atoms with E-state index in [-0.39, 0.29) is 12.0 Å². The van der Waals surface area contributed by atoms with Crippen molar-refractivity contribution < 1.29 is 9.53 Å². The summed E-state index contributed by atoms with van der Waals surface area (Å²) in [5.74, 6) is 0.358. The van der Waals surface area contributed by atoms with Crippen molar-refractivity contribution in [2.45, 2.75) is 38.8 Å². The SMILES string of the molecule is COC(=O)C(CN)N1CCCC1C(C)C. The molecule has 4 nitrogen and oxygen atoms in total. The first-order valence-electron chi connectivity index (χ1n) is 5.65. The Balaban J connectivity index is 2.70. The van der Waals surface area contributed by atoms with Crippen molar-refractivity contribution in [3.8, 4) is 0 Å². The Bertz CT molecular complexity index is 219. The lowest BCUT2D eigenvalue weighted by Crippen LogP contribution is -2.50. The first-order valence-corrected chi connectivity index (χ1v) is 5.65. The Hall–Kier alpha value is -0.610. The maximum absolute atomic E-state index is 11.6. The van der Waals surface area contributed by atoms with Gasteiger partial charge in [0.2, 0.25) is 0 Å². The number of carbonyl (C=O) groups is 1. The number of hydrogen-bond acceptors (Lipinski definition) is 4. The summed E-state index contributed by atoms with van der Waals surface area (Å²) < 4.78 is 4.78. The van der Waals surface area contributed by atoms with Gasteiger partial charge in [0, 0.05) is 12.6 Å². The van der Waals surface area contributed by atoms with Gasteiger partial charge in [0.05, 0.1) is 7.11 Å². The van der Waals surface area contributed by atoms with Crippen molar-refractivity contribution in [1.29, 1.82) is 0 Å². The summed E-state index contributed by atoms with van der Waals surface area (Å²) >= 11 is 0. The highest BCUT2D eigenvalue weighted by Gasteiger charge is 2.35. The Labute approximate surface area is 91.8 Å². The van der Waals surface area contributed by atoms with E-state index in [9.17, 15) is 4.79 Å². The number of methoxy groups -OCH3 is 1. The van der Waals surface area contributed by atoms with Crippen LogP contribution in [0.4, 0.5) is 0 Å². The fourth-order valence-electron chi connectivity index (χ4n) is 2.42. The van der Waals surface area contributed by atoms with Crippen LogP contribution in [0.2, 0.25) is 0 Å². The molecule has 1 aliphatic rings. The van der Waals surface area contributed by atoms with Gasteiger partial charge in [0.1, 0.15) is 6.04 Å². The fourth-order valence-corrected chi connectivity index (χ4v) is 2.42. The largest absolute Gasteiger partial charge is 0.468 e. The lowest BCUT2D eigenvalue weighted by Gasteiger charge is -2.32. The molecule has 0 amide bonds. The number of hydrogen-bond donors (Lipinski definition) is 1. The minimum absolute atomic E-state index is 0.204. The van der Waals surface area contributed by atoms with Gasteiger partial charge in [-0.3, -0.25) is 9.69 Å². The molecule has 0 aliphatic carbocycles. The van der Waals surface area contributed by atoms with Crippen molar-refractivity contribution in [2.24, 2.45) is 11.7 Å². The normalized spacial score (nSPS) is 24.5. The van der Waals surface area contributed by atoms with E-state index in [2.05, 4.69) is 18.7 Å². The second-order valence-electron chi connectivity index (χ2n) is 4.47. The lowest BCUT2D eigenvalue weighted by molar-refractivity contribution is -0.147. The zero-order chi connectivity index (χ0) is 11.4. The molecule has 1 heterocycles. The minimum atomic E-state index is -0.259. The molecule has 1 rings (SSSR count). The van der Waals surface area contributed by atoms with Gasteiger partial charge in [-0.25, -0.2) is 0 Å². The highest BCUT2D eigenvalue weighted by molar-refractivity contribution is 5.76. The molecule has 0 aromatic rings. The van der Waals surface area contributed by atoms with Crippen molar-refractivity contribution in [3.63, 3.8) is 0 Å². The molecule has 2 atom stereocenters. The van der Waals surface area contributed by atoms with E-state index in [1.807, 2.05) is 0 Å². The van der Waals surface area contributed by atoms with E-state index in [4.69, 9.17) is 10.5 Å². The van der Waals surface area contributed by atoms with Crippen molar-refractivity contribution >= 4 is 5.97 Å². The predicted octanol–water partition coefficient (Wildman–Crippen LogP) is 0.607. The average Bonchev–Trinajstić information content (AvgIpc) is 2.67. The standard InChI is InChI=1S/C11H22N2O2/c1-8(2)9-5-4-6-13(9)10(7-12)11(14)15-3/h8-10H,4-7,12H2,1-3H3. The number of ether oxygens (including phenoxy) is 1. The Morgan fingerprint density at radius 1 is 1.60 bits per heavy atom. The molecule has 15 heavy (non-hydrogen) atoms. The maximum Gasteiger partial charge on any atom is 0.324 e. The van der Waals surface area contributed by atoms with E-state index in [0.717, 1.165) is 19.4 Å². The summed E-state index contributed by atoms with van der Waals surface area (Å²) in [5, 5.41) is 0. The van der Waals surface area contributed by atoms with Gasteiger partial charge < -0.3 is 10.5 Å². The summed E-state index contributed by atoms with van der Waals surface area (Å²) in [7, 11) is 1.42. The molecule has 88 valence electrons. The number of esters is 1. The third-order valence-electron chi connectivity index (χ3n) is 3.21. The third kappa shape index (κ3) is 2.69. The molecular formula is C11H22N2O2. The Kier molecular flexibility index (Phi) is 4.54. The quantitative estimate of drug-likeness (QED) is 0.697. The van der Waals surface area contributed by atoms with Crippen LogP contribution in [-0.4, -0.2) is 43.2 Å². The predicted molar refractivity (Wildman–Crippen MR) is 59.4 cm³/mol. The summed E-state index contributed by atoms with van der Waals surface area (Å²) in [5.41, 5.74) is 5.65. The maximum atomic E-state index is 11.6. The second-order valence-corrected chi connectivity index (χ2v) is 4.47. The number of carbonyl (C=O) groups excluding carboxylic acids is 1. The van der Waals surface area contributed by atoms with Crippen LogP contribution in [0, 0.1) is 5.92 Å². The van der Waals surface area contributed by atoms with Gasteiger partial charge in [0.15, 0.2) is 0 Å². The van der Waals surface area contributed by atoms with Crippen molar-refractivity contribution in [1.82, 2.24) is 4.90 Å². The van der Waals surface area contributed by atoms with Crippen LogP contribution in [0.1, 0.15) is 26.7 Å². The van der Waals surface area contributed by atoms with Gasteiger partial charge in [-0.15, -0.1) is 0 Å².